The van der Waals surface area contributed by atoms with Crippen LogP contribution in [-0.4, -0.2) is 25.2 Å². The highest BCUT2D eigenvalue weighted by Crippen LogP contribution is 2.20. The maximum absolute atomic E-state index is 5.68. The minimum atomic E-state index is 0.479. The van der Waals surface area contributed by atoms with E-state index in [2.05, 4.69) is 42.7 Å². The fourth-order valence-corrected chi connectivity index (χ4v) is 2.79. The lowest BCUT2D eigenvalue weighted by Gasteiger charge is -2.27. The molecular weight excluding hydrogens is 248 g/mol. The molecule has 0 aromatic heterocycles. The van der Waals surface area contributed by atoms with E-state index in [0.717, 1.165) is 24.5 Å². The molecule has 2 unspecified atom stereocenters. The highest BCUT2D eigenvalue weighted by atomic mass is 16.5. The van der Waals surface area contributed by atoms with Crippen LogP contribution in [0, 0.1) is 0 Å². The molecule has 1 heterocycles. The Bertz CT molecular complexity index is 388. The van der Waals surface area contributed by atoms with Crippen LogP contribution in [0.4, 0.5) is 5.69 Å². The molecule has 2 rings (SSSR count). The van der Waals surface area contributed by atoms with E-state index in [1.165, 1.54) is 32.2 Å². The Morgan fingerprint density at radius 3 is 3.05 bits per heavy atom. The lowest BCUT2D eigenvalue weighted by atomic mass is 9.98. The maximum Gasteiger partial charge on any atom is 0.121 e. The lowest BCUT2D eigenvalue weighted by Crippen LogP contribution is -2.37. The molecule has 2 N–H and O–H groups in total. The first-order chi connectivity index (χ1) is 9.78. The first-order valence-corrected chi connectivity index (χ1v) is 8.00. The summed E-state index contributed by atoms with van der Waals surface area (Å²) in [6, 6.07) is 9.44. The van der Waals surface area contributed by atoms with Crippen LogP contribution >= 0.6 is 0 Å². The number of anilines is 1. The van der Waals surface area contributed by atoms with Crippen LogP contribution < -0.4 is 15.4 Å². The van der Waals surface area contributed by atoms with E-state index < -0.39 is 0 Å². The molecule has 0 amide bonds. The molecule has 1 aromatic carbocycles. The Hall–Kier alpha value is -1.22. The molecule has 0 saturated carbocycles. The fraction of sp³-hybridized carbons (Fsp3) is 0.647. The number of hydrogen-bond donors (Lipinski definition) is 2. The van der Waals surface area contributed by atoms with Crippen molar-refractivity contribution in [2.75, 3.05) is 18.5 Å². The van der Waals surface area contributed by atoms with Crippen LogP contribution in [0.25, 0.3) is 0 Å². The first kappa shape index (κ1) is 15.2. The summed E-state index contributed by atoms with van der Waals surface area (Å²) in [5.74, 6) is 0.958. The zero-order valence-corrected chi connectivity index (χ0v) is 12.8. The second-order valence-electron chi connectivity index (χ2n) is 5.80. The molecule has 20 heavy (non-hydrogen) atoms. The van der Waals surface area contributed by atoms with Crippen molar-refractivity contribution in [1.82, 2.24) is 5.32 Å². The fourth-order valence-electron chi connectivity index (χ4n) is 2.79. The monoisotopic (exact) mass is 276 g/mol. The number of piperidine rings is 1. The quantitative estimate of drug-likeness (QED) is 0.794. The molecule has 1 aliphatic rings. The molecule has 3 nitrogen and oxygen atoms in total. The maximum atomic E-state index is 5.68. The normalized spacial score (nSPS) is 20.4. The summed E-state index contributed by atoms with van der Waals surface area (Å²) in [4.78, 5) is 0. The minimum absolute atomic E-state index is 0.479. The Kier molecular flexibility index (Phi) is 6.19. The highest BCUT2D eigenvalue weighted by molar-refractivity contribution is 5.48. The molecule has 1 saturated heterocycles. The number of rotatable bonds is 7. The van der Waals surface area contributed by atoms with Gasteiger partial charge in [0.05, 0.1) is 6.61 Å². The van der Waals surface area contributed by atoms with Crippen molar-refractivity contribution in [3.8, 4) is 5.75 Å². The van der Waals surface area contributed by atoms with Gasteiger partial charge in [-0.15, -0.1) is 0 Å². The molecule has 1 fully saturated rings. The van der Waals surface area contributed by atoms with Gasteiger partial charge in [0.15, 0.2) is 0 Å². The number of hydrogen-bond acceptors (Lipinski definition) is 3. The summed E-state index contributed by atoms with van der Waals surface area (Å²) in [6.45, 7) is 6.35. The topological polar surface area (TPSA) is 33.3 Å². The summed E-state index contributed by atoms with van der Waals surface area (Å²) >= 11 is 0. The Balaban J connectivity index is 1.81. The van der Waals surface area contributed by atoms with Gasteiger partial charge >= 0.3 is 0 Å². The predicted molar refractivity (Wildman–Crippen MR) is 85.6 cm³/mol. The van der Waals surface area contributed by atoms with Gasteiger partial charge < -0.3 is 15.4 Å². The van der Waals surface area contributed by atoms with Crippen molar-refractivity contribution < 1.29 is 4.74 Å². The van der Waals surface area contributed by atoms with Crippen LogP contribution in [0.15, 0.2) is 24.3 Å². The molecule has 0 bridgehead atoms. The van der Waals surface area contributed by atoms with E-state index in [9.17, 15) is 0 Å². The predicted octanol–water partition coefficient (Wildman–Crippen LogP) is 3.81. The van der Waals surface area contributed by atoms with E-state index >= 15 is 0 Å². The molecule has 1 aliphatic heterocycles. The van der Waals surface area contributed by atoms with E-state index in [-0.39, 0.29) is 0 Å². The lowest BCUT2D eigenvalue weighted by molar-refractivity contribution is 0.317. The van der Waals surface area contributed by atoms with Gasteiger partial charge in [0.2, 0.25) is 0 Å². The van der Waals surface area contributed by atoms with Crippen LogP contribution in [0.1, 0.15) is 46.0 Å². The number of benzene rings is 1. The average molecular weight is 276 g/mol. The largest absolute Gasteiger partial charge is 0.494 e. The van der Waals surface area contributed by atoms with Crippen molar-refractivity contribution in [3.63, 3.8) is 0 Å². The number of ether oxygens (including phenoxy) is 1. The van der Waals surface area contributed by atoms with Crippen molar-refractivity contribution in [1.29, 1.82) is 0 Å². The van der Waals surface area contributed by atoms with Crippen LogP contribution in [-0.2, 0) is 0 Å². The first-order valence-electron chi connectivity index (χ1n) is 8.00. The van der Waals surface area contributed by atoms with E-state index in [1.54, 1.807) is 0 Å². The van der Waals surface area contributed by atoms with Crippen molar-refractivity contribution in [2.24, 2.45) is 0 Å². The zero-order chi connectivity index (χ0) is 14.2. The second-order valence-corrected chi connectivity index (χ2v) is 5.80. The van der Waals surface area contributed by atoms with Gasteiger partial charge in [0.1, 0.15) is 5.75 Å². The third-order valence-electron chi connectivity index (χ3n) is 3.77. The van der Waals surface area contributed by atoms with Crippen LogP contribution in [0.5, 0.6) is 5.75 Å². The van der Waals surface area contributed by atoms with Gasteiger partial charge in [0.25, 0.3) is 0 Å². The third-order valence-corrected chi connectivity index (χ3v) is 3.77. The Morgan fingerprint density at radius 2 is 2.30 bits per heavy atom. The van der Waals surface area contributed by atoms with Gasteiger partial charge in [-0.25, -0.2) is 0 Å². The van der Waals surface area contributed by atoms with Gasteiger partial charge in [-0.2, -0.15) is 0 Å². The summed E-state index contributed by atoms with van der Waals surface area (Å²) in [5, 5.41) is 7.20. The zero-order valence-electron chi connectivity index (χ0n) is 12.8. The van der Waals surface area contributed by atoms with Crippen molar-refractivity contribution in [3.05, 3.63) is 24.3 Å². The molecule has 1 aromatic rings. The molecule has 0 spiro atoms. The molecule has 112 valence electrons. The average Bonchev–Trinajstić information content (AvgIpc) is 2.46. The third kappa shape index (κ3) is 5.04. The number of nitrogens with one attached hydrogen (secondary N) is 2. The molecule has 0 aliphatic carbocycles. The van der Waals surface area contributed by atoms with Gasteiger partial charge in [-0.3, -0.25) is 0 Å². The summed E-state index contributed by atoms with van der Waals surface area (Å²) in [6.07, 6.45) is 6.23. The SMILES string of the molecule is CCCOc1cccc(NC(C)CC2CCCCN2)c1. The van der Waals surface area contributed by atoms with E-state index in [4.69, 9.17) is 4.74 Å². The summed E-state index contributed by atoms with van der Waals surface area (Å²) < 4.78 is 5.68. The highest BCUT2D eigenvalue weighted by Gasteiger charge is 2.15. The van der Waals surface area contributed by atoms with Gasteiger partial charge in [0, 0.05) is 23.8 Å². The molecule has 3 heteroatoms. The van der Waals surface area contributed by atoms with Crippen LogP contribution in [0.2, 0.25) is 0 Å². The molecule has 0 radical (unpaired) electrons. The molecular formula is C17H28N2O. The Labute approximate surface area is 123 Å². The summed E-state index contributed by atoms with van der Waals surface area (Å²) in [5.41, 5.74) is 1.15. The summed E-state index contributed by atoms with van der Waals surface area (Å²) in [7, 11) is 0. The van der Waals surface area contributed by atoms with Crippen molar-refractivity contribution in [2.45, 2.75) is 58.0 Å². The van der Waals surface area contributed by atoms with Crippen molar-refractivity contribution >= 4 is 5.69 Å². The Morgan fingerprint density at radius 1 is 1.40 bits per heavy atom. The standard InChI is InChI=1S/C17H28N2O/c1-3-11-20-17-9-6-8-16(13-17)19-14(2)12-15-7-4-5-10-18-15/h6,8-9,13-15,18-19H,3-5,7,10-12H2,1-2H3. The van der Waals surface area contributed by atoms with Gasteiger partial charge in [-0.1, -0.05) is 19.4 Å². The van der Waals surface area contributed by atoms with Gasteiger partial charge in [-0.05, 0) is 51.3 Å². The smallest absolute Gasteiger partial charge is 0.121 e. The van der Waals surface area contributed by atoms with E-state index in [0.29, 0.717) is 12.1 Å². The second kappa shape index (κ2) is 8.15. The van der Waals surface area contributed by atoms with E-state index in [1.807, 2.05) is 6.07 Å². The molecule has 2 atom stereocenters. The minimum Gasteiger partial charge on any atom is -0.494 e. The van der Waals surface area contributed by atoms with Crippen LogP contribution in [0.3, 0.4) is 0 Å².